The maximum Gasteiger partial charge on any atom is 0.341 e. The summed E-state index contributed by atoms with van der Waals surface area (Å²) in [6.07, 6.45) is 2.71. The Morgan fingerprint density at radius 2 is 1.90 bits per heavy atom. The zero-order valence-corrected chi connectivity index (χ0v) is 17.0. The van der Waals surface area contributed by atoms with Gasteiger partial charge in [-0.05, 0) is 43.9 Å². The Balaban J connectivity index is 1.48. The van der Waals surface area contributed by atoms with E-state index in [1.165, 1.54) is 11.3 Å². The van der Waals surface area contributed by atoms with Gasteiger partial charge in [0, 0.05) is 4.88 Å². The first-order valence-corrected chi connectivity index (χ1v) is 10.3. The van der Waals surface area contributed by atoms with Crippen molar-refractivity contribution in [3.05, 3.63) is 46.3 Å². The number of esters is 2. The van der Waals surface area contributed by atoms with Crippen LogP contribution in [0, 0.1) is 0 Å². The average Bonchev–Trinajstić information content (AvgIpc) is 3.28. The molecule has 1 N–H and O–H groups in total. The van der Waals surface area contributed by atoms with Gasteiger partial charge in [0.25, 0.3) is 5.91 Å². The summed E-state index contributed by atoms with van der Waals surface area (Å²) < 4.78 is 15.6. The first-order chi connectivity index (χ1) is 14.1. The largest absolute Gasteiger partial charge is 0.493 e. The Bertz CT molecular complexity index is 877. The minimum absolute atomic E-state index is 0.0313. The topological polar surface area (TPSA) is 90.9 Å². The van der Waals surface area contributed by atoms with Crippen molar-refractivity contribution in [2.45, 2.75) is 32.6 Å². The van der Waals surface area contributed by atoms with Crippen LogP contribution >= 0.6 is 11.3 Å². The molecule has 1 aromatic heterocycles. The van der Waals surface area contributed by atoms with Crippen LogP contribution in [0.4, 0.5) is 5.00 Å². The zero-order valence-electron chi connectivity index (χ0n) is 16.2. The molecular formula is C21H23NO6S. The van der Waals surface area contributed by atoms with Crippen molar-refractivity contribution in [1.82, 2.24) is 0 Å². The van der Waals surface area contributed by atoms with Crippen molar-refractivity contribution < 1.29 is 28.6 Å². The number of ether oxygens (including phenoxy) is 3. The van der Waals surface area contributed by atoms with Crippen molar-refractivity contribution in [3.8, 4) is 5.75 Å². The van der Waals surface area contributed by atoms with Crippen LogP contribution in [-0.4, -0.2) is 37.7 Å². The fourth-order valence-corrected chi connectivity index (χ4v) is 4.35. The molecule has 0 saturated carbocycles. The maximum atomic E-state index is 12.3. The maximum absolute atomic E-state index is 12.3. The Hall–Kier alpha value is -2.87. The first-order valence-electron chi connectivity index (χ1n) is 9.53. The van der Waals surface area contributed by atoms with Crippen LogP contribution in [0.1, 0.15) is 40.6 Å². The van der Waals surface area contributed by atoms with Gasteiger partial charge in [-0.2, -0.15) is 0 Å². The Morgan fingerprint density at radius 3 is 2.66 bits per heavy atom. The van der Waals surface area contributed by atoms with E-state index in [1.807, 2.05) is 18.2 Å². The highest BCUT2D eigenvalue weighted by Crippen LogP contribution is 2.39. The van der Waals surface area contributed by atoms with E-state index in [0.29, 0.717) is 16.3 Å². The number of rotatable bonds is 9. The molecule has 1 amide bonds. The van der Waals surface area contributed by atoms with Gasteiger partial charge in [0.15, 0.2) is 6.61 Å². The van der Waals surface area contributed by atoms with Crippen LogP contribution < -0.4 is 10.1 Å². The fraction of sp³-hybridized carbons (Fsp3) is 0.381. The molecule has 0 radical (unpaired) electrons. The lowest BCUT2D eigenvalue weighted by Gasteiger charge is -2.09. The van der Waals surface area contributed by atoms with Crippen LogP contribution in [-0.2, 0) is 31.9 Å². The molecule has 1 aromatic carbocycles. The van der Waals surface area contributed by atoms with Gasteiger partial charge < -0.3 is 19.5 Å². The second-order valence-electron chi connectivity index (χ2n) is 6.40. The number of carbonyl (C=O) groups excluding carboxylic acids is 3. The van der Waals surface area contributed by atoms with E-state index in [1.54, 1.807) is 19.1 Å². The standard InChI is InChI=1S/C21H23NO6S/c1-2-26-21(25)19-15-9-6-10-16(15)29-20(19)22-17(23)13-28-18(24)11-12-27-14-7-4-3-5-8-14/h3-5,7-8H,2,6,9-13H2,1H3,(H,22,23). The van der Waals surface area contributed by atoms with E-state index in [9.17, 15) is 14.4 Å². The molecule has 0 atom stereocenters. The Kier molecular flexibility index (Phi) is 7.24. The number of benzene rings is 1. The summed E-state index contributed by atoms with van der Waals surface area (Å²) in [5.41, 5.74) is 1.39. The second kappa shape index (κ2) is 10.1. The third kappa shape index (κ3) is 5.57. The molecule has 3 rings (SSSR count). The number of para-hydroxylation sites is 1. The number of aryl methyl sites for hydroxylation is 1. The van der Waals surface area contributed by atoms with Crippen LogP contribution in [0.3, 0.4) is 0 Å². The number of hydrogen-bond donors (Lipinski definition) is 1. The van der Waals surface area contributed by atoms with Gasteiger partial charge in [-0.3, -0.25) is 9.59 Å². The van der Waals surface area contributed by atoms with Crippen molar-refractivity contribution in [1.29, 1.82) is 0 Å². The highest BCUT2D eigenvalue weighted by Gasteiger charge is 2.28. The van der Waals surface area contributed by atoms with Gasteiger partial charge in [-0.15, -0.1) is 11.3 Å². The molecule has 1 aliphatic carbocycles. The van der Waals surface area contributed by atoms with Crippen LogP contribution in [0.25, 0.3) is 0 Å². The Labute approximate surface area is 173 Å². The third-order valence-corrected chi connectivity index (χ3v) is 5.54. The molecule has 0 saturated heterocycles. The summed E-state index contributed by atoms with van der Waals surface area (Å²) in [7, 11) is 0. The number of carbonyl (C=O) groups is 3. The third-order valence-electron chi connectivity index (χ3n) is 4.34. The molecular weight excluding hydrogens is 394 g/mol. The molecule has 0 fully saturated rings. The summed E-state index contributed by atoms with van der Waals surface area (Å²) in [6, 6.07) is 9.12. The molecule has 2 aromatic rings. The lowest BCUT2D eigenvalue weighted by molar-refractivity contribution is -0.147. The van der Waals surface area contributed by atoms with Crippen molar-refractivity contribution in [3.63, 3.8) is 0 Å². The fourth-order valence-electron chi connectivity index (χ4n) is 3.06. The summed E-state index contributed by atoms with van der Waals surface area (Å²) in [5.74, 6) is -0.796. The smallest absolute Gasteiger partial charge is 0.341 e. The quantitative estimate of drug-likeness (QED) is 0.629. The lowest BCUT2D eigenvalue weighted by Crippen LogP contribution is -2.22. The minimum Gasteiger partial charge on any atom is -0.493 e. The van der Waals surface area contributed by atoms with Crippen LogP contribution in [0.15, 0.2) is 30.3 Å². The van der Waals surface area contributed by atoms with Crippen LogP contribution in [0.2, 0.25) is 0 Å². The van der Waals surface area contributed by atoms with Gasteiger partial charge in [0.05, 0.1) is 25.2 Å². The number of nitrogens with one attached hydrogen (secondary N) is 1. The predicted molar refractivity (Wildman–Crippen MR) is 108 cm³/mol. The van der Waals surface area contributed by atoms with Gasteiger partial charge in [0.2, 0.25) is 0 Å². The van der Waals surface area contributed by atoms with E-state index in [2.05, 4.69) is 5.32 Å². The molecule has 154 valence electrons. The summed E-state index contributed by atoms with van der Waals surface area (Å²) in [6.45, 7) is 1.74. The average molecular weight is 417 g/mol. The van der Waals surface area contributed by atoms with Crippen molar-refractivity contribution >= 4 is 34.2 Å². The van der Waals surface area contributed by atoms with Gasteiger partial charge in [-0.25, -0.2) is 4.79 Å². The number of thiophene rings is 1. The molecule has 1 aliphatic rings. The zero-order chi connectivity index (χ0) is 20.6. The Morgan fingerprint density at radius 1 is 1.10 bits per heavy atom. The molecule has 8 heteroatoms. The first kappa shape index (κ1) is 20.9. The highest BCUT2D eigenvalue weighted by atomic mass is 32.1. The monoisotopic (exact) mass is 417 g/mol. The molecule has 0 unspecified atom stereocenters. The molecule has 29 heavy (non-hydrogen) atoms. The SMILES string of the molecule is CCOC(=O)c1c(NC(=O)COC(=O)CCOc2ccccc2)sc2c1CCC2. The molecule has 1 heterocycles. The minimum atomic E-state index is -0.532. The lowest BCUT2D eigenvalue weighted by atomic mass is 10.1. The van der Waals surface area contributed by atoms with E-state index in [4.69, 9.17) is 14.2 Å². The number of fused-ring (bicyclic) bond motifs is 1. The summed E-state index contributed by atoms with van der Waals surface area (Å²) >= 11 is 1.38. The van der Waals surface area contributed by atoms with Gasteiger partial charge >= 0.3 is 11.9 Å². The highest BCUT2D eigenvalue weighted by molar-refractivity contribution is 7.17. The molecule has 0 bridgehead atoms. The van der Waals surface area contributed by atoms with Crippen molar-refractivity contribution in [2.75, 3.05) is 25.1 Å². The second-order valence-corrected chi connectivity index (χ2v) is 7.51. The molecule has 0 aliphatic heterocycles. The van der Waals surface area contributed by atoms with E-state index in [0.717, 1.165) is 29.7 Å². The summed E-state index contributed by atoms with van der Waals surface area (Å²) in [5, 5.41) is 3.15. The summed E-state index contributed by atoms with van der Waals surface area (Å²) in [4.78, 5) is 37.4. The number of anilines is 1. The van der Waals surface area contributed by atoms with E-state index in [-0.39, 0.29) is 19.6 Å². The normalized spacial score (nSPS) is 12.2. The number of hydrogen-bond acceptors (Lipinski definition) is 7. The van der Waals surface area contributed by atoms with Gasteiger partial charge in [-0.1, -0.05) is 18.2 Å². The molecule has 0 spiro atoms. The predicted octanol–water partition coefficient (Wildman–Crippen LogP) is 3.36. The number of amides is 1. The van der Waals surface area contributed by atoms with Gasteiger partial charge in [0.1, 0.15) is 10.8 Å². The van der Waals surface area contributed by atoms with E-state index >= 15 is 0 Å². The van der Waals surface area contributed by atoms with E-state index < -0.39 is 24.5 Å². The van der Waals surface area contributed by atoms with Crippen LogP contribution in [0.5, 0.6) is 5.75 Å². The van der Waals surface area contributed by atoms with Crippen molar-refractivity contribution in [2.24, 2.45) is 0 Å². The molecule has 7 nitrogen and oxygen atoms in total.